The molecule has 6 nitrogen and oxygen atoms in total. The zero-order valence-corrected chi connectivity index (χ0v) is 9.55. The summed E-state index contributed by atoms with van der Waals surface area (Å²) in [5.74, 6) is -0.287. The molecule has 0 aromatic carbocycles. The minimum absolute atomic E-state index is 0.287. The van der Waals surface area contributed by atoms with E-state index in [4.69, 9.17) is 5.26 Å². The van der Waals surface area contributed by atoms with Gasteiger partial charge in [0.15, 0.2) is 15.1 Å². The van der Waals surface area contributed by atoms with E-state index in [1.165, 1.54) is 13.0 Å². The van der Waals surface area contributed by atoms with E-state index in [9.17, 15) is 16.8 Å². The molecule has 0 saturated carbocycles. The van der Waals surface area contributed by atoms with Crippen LogP contribution in [0.4, 0.5) is 0 Å². The quantitative estimate of drug-likeness (QED) is 0.701. The van der Waals surface area contributed by atoms with Gasteiger partial charge in [0.05, 0.1) is 17.9 Å². The number of nitriles is 1. The Labute approximate surface area is 88.6 Å². The van der Waals surface area contributed by atoms with Crippen LogP contribution in [-0.2, 0) is 19.9 Å². The van der Waals surface area contributed by atoms with Gasteiger partial charge in [-0.25, -0.2) is 21.6 Å². The molecule has 1 heterocycles. The summed E-state index contributed by atoms with van der Waals surface area (Å²) in [6.07, 6.45) is 1.26. The van der Waals surface area contributed by atoms with Gasteiger partial charge in [0.2, 0.25) is 10.0 Å². The molecular weight excluding hydrogens is 240 g/mol. The van der Waals surface area contributed by atoms with Crippen molar-refractivity contribution in [2.24, 2.45) is 0 Å². The van der Waals surface area contributed by atoms with Crippen LogP contribution in [0.3, 0.4) is 0 Å². The molecule has 1 N–H and O–H groups in total. The zero-order valence-electron chi connectivity index (χ0n) is 7.91. The third-order valence-corrected chi connectivity index (χ3v) is 4.96. The minimum atomic E-state index is -3.77. The van der Waals surface area contributed by atoms with Crippen molar-refractivity contribution in [3.05, 3.63) is 11.5 Å². The van der Waals surface area contributed by atoms with Gasteiger partial charge in [-0.3, -0.25) is 0 Å². The molecule has 2 unspecified atom stereocenters. The Morgan fingerprint density at radius 1 is 1.60 bits per heavy atom. The van der Waals surface area contributed by atoms with Crippen LogP contribution in [0.2, 0.25) is 0 Å². The number of hydrogen-bond acceptors (Lipinski definition) is 5. The first-order valence-electron chi connectivity index (χ1n) is 4.08. The second-order valence-electron chi connectivity index (χ2n) is 3.20. The van der Waals surface area contributed by atoms with E-state index in [-0.39, 0.29) is 5.75 Å². The monoisotopic (exact) mass is 250 g/mol. The van der Waals surface area contributed by atoms with E-state index in [0.29, 0.717) is 0 Å². The van der Waals surface area contributed by atoms with Crippen LogP contribution < -0.4 is 4.72 Å². The van der Waals surface area contributed by atoms with Crippen LogP contribution in [0.1, 0.15) is 6.92 Å². The van der Waals surface area contributed by atoms with Crippen LogP contribution >= 0.6 is 0 Å². The normalized spacial score (nSPS) is 26.0. The fourth-order valence-corrected chi connectivity index (χ4v) is 3.30. The summed E-state index contributed by atoms with van der Waals surface area (Å²) in [5.41, 5.74) is 0. The van der Waals surface area contributed by atoms with Gasteiger partial charge >= 0.3 is 0 Å². The molecule has 1 rings (SSSR count). The van der Waals surface area contributed by atoms with Crippen LogP contribution in [0.5, 0.6) is 0 Å². The lowest BCUT2D eigenvalue weighted by Crippen LogP contribution is -2.40. The number of rotatable bonds is 3. The number of nitrogens with zero attached hydrogens (tertiary/aromatic N) is 1. The van der Waals surface area contributed by atoms with Crippen LogP contribution in [0.25, 0.3) is 0 Å². The molecule has 0 radical (unpaired) electrons. The van der Waals surface area contributed by atoms with Gasteiger partial charge in [-0.05, 0) is 6.92 Å². The zero-order chi connectivity index (χ0) is 11.7. The maximum absolute atomic E-state index is 11.4. The van der Waals surface area contributed by atoms with Crippen LogP contribution in [0, 0.1) is 11.3 Å². The number of hydrogen-bond donors (Lipinski definition) is 1. The summed E-state index contributed by atoms with van der Waals surface area (Å²) in [6.45, 7) is 1.23. The maximum Gasteiger partial charge on any atom is 0.228 e. The van der Waals surface area contributed by atoms with Crippen molar-refractivity contribution in [3.8, 4) is 6.07 Å². The molecule has 0 aromatic heterocycles. The fourth-order valence-electron chi connectivity index (χ4n) is 1.03. The molecule has 0 saturated heterocycles. The van der Waals surface area contributed by atoms with Gasteiger partial charge in [-0.2, -0.15) is 5.26 Å². The average Bonchev–Trinajstić information content (AvgIpc) is 2.43. The lowest BCUT2D eigenvalue weighted by molar-refractivity contribution is 0.570. The molecule has 0 aliphatic carbocycles. The second-order valence-corrected chi connectivity index (χ2v) is 7.16. The minimum Gasteiger partial charge on any atom is -0.224 e. The molecule has 1 aliphatic heterocycles. The first-order chi connectivity index (χ1) is 6.77. The van der Waals surface area contributed by atoms with Crippen LogP contribution in [-0.4, -0.2) is 33.9 Å². The summed E-state index contributed by atoms with van der Waals surface area (Å²) in [6, 6.07) is 0.808. The fraction of sp³-hybridized carbons (Fsp3) is 0.571. The van der Waals surface area contributed by atoms with Crippen molar-refractivity contribution in [3.63, 3.8) is 0 Å². The number of sulfonamides is 1. The Hall–Kier alpha value is -0.910. The van der Waals surface area contributed by atoms with Gasteiger partial charge in [-0.1, -0.05) is 6.08 Å². The molecule has 0 amide bonds. The highest BCUT2D eigenvalue weighted by molar-refractivity contribution is 7.94. The molecule has 2 atom stereocenters. The second kappa shape index (κ2) is 3.92. The van der Waals surface area contributed by atoms with Gasteiger partial charge in [0.1, 0.15) is 0 Å². The largest absolute Gasteiger partial charge is 0.228 e. The molecule has 0 bridgehead atoms. The molecular formula is C7H10N2O4S2. The van der Waals surface area contributed by atoms with Crippen molar-refractivity contribution in [2.75, 3.05) is 5.75 Å². The maximum atomic E-state index is 11.4. The Morgan fingerprint density at radius 2 is 2.20 bits per heavy atom. The molecule has 15 heavy (non-hydrogen) atoms. The SMILES string of the molecule is CC(C#N)S(=O)(=O)NC1C=CS(=O)(=O)C1. The summed E-state index contributed by atoms with van der Waals surface area (Å²) in [5, 5.41) is 8.21. The topological polar surface area (TPSA) is 104 Å². The van der Waals surface area contributed by atoms with E-state index >= 15 is 0 Å². The van der Waals surface area contributed by atoms with Gasteiger partial charge < -0.3 is 0 Å². The predicted molar refractivity (Wildman–Crippen MR) is 53.8 cm³/mol. The van der Waals surface area contributed by atoms with E-state index in [2.05, 4.69) is 4.72 Å². The lowest BCUT2D eigenvalue weighted by atomic mass is 10.4. The molecule has 1 aliphatic rings. The average molecular weight is 250 g/mol. The molecule has 0 aromatic rings. The molecule has 0 spiro atoms. The predicted octanol–water partition coefficient (Wildman–Crippen LogP) is -0.871. The van der Waals surface area contributed by atoms with Crippen molar-refractivity contribution >= 4 is 19.9 Å². The number of sulfone groups is 1. The van der Waals surface area contributed by atoms with Gasteiger partial charge in [0.25, 0.3) is 0 Å². The molecule has 84 valence electrons. The Morgan fingerprint density at radius 3 is 2.60 bits per heavy atom. The number of nitrogens with one attached hydrogen (secondary N) is 1. The Balaban J connectivity index is 2.75. The highest BCUT2D eigenvalue weighted by atomic mass is 32.2. The third-order valence-electron chi connectivity index (χ3n) is 1.89. The van der Waals surface area contributed by atoms with Gasteiger partial charge in [-0.15, -0.1) is 0 Å². The summed E-state index contributed by atoms with van der Waals surface area (Å²) >= 11 is 0. The molecule has 0 fully saturated rings. The smallest absolute Gasteiger partial charge is 0.224 e. The summed E-state index contributed by atoms with van der Waals surface area (Å²) in [7, 11) is -7.06. The van der Waals surface area contributed by atoms with Crippen LogP contribution in [0.15, 0.2) is 11.5 Å². The van der Waals surface area contributed by atoms with E-state index < -0.39 is 31.2 Å². The molecule has 8 heteroatoms. The van der Waals surface area contributed by atoms with E-state index in [0.717, 1.165) is 5.41 Å². The first kappa shape index (κ1) is 12.2. The summed E-state index contributed by atoms with van der Waals surface area (Å²) in [4.78, 5) is 0. The lowest BCUT2D eigenvalue weighted by Gasteiger charge is -2.11. The van der Waals surface area contributed by atoms with Gasteiger partial charge in [0, 0.05) is 5.41 Å². The van der Waals surface area contributed by atoms with Crippen molar-refractivity contribution in [1.29, 1.82) is 5.26 Å². The van der Waals surface area contributed by atoms with Crippen molar-refractivity contribution < 1.29 is 16.8 Å². The Kier molecular flexibility index (Phi) is 3.18. The first-order valence-corrected chi connectivity index (χ1v) is 7.35. The van der Waals surface area contributed by atoms with E-state index in [1.54, 1.807) is 6.07 Å². The Bertz CT molecular complexity index is 512. The highest BCUT2D eigenvalue weighted by Crippen LogP contribution is 2.10. The standard InChI is InChI=1S/C7H10N2O4S2/c1-6(4-8)15(12,13)9-7-2-3-14(10,11)5-7/h2-3,6-7,9H,5H2,1H3. The third kappa shape index (κ3) is 3.02. The van der Waals surface area contributed by atoms with E-state index in [1.807, 2.05) is 0 Å². The van der Waals surface area contributed by atoms with Crippen molar-refractivity contribution in [2.45, 2.75) is 18.2 Å². The van der Waals surface area contributed by atoms with Crippen molar-refractivity contribution in [1.82, 2.24) is 4.72 Å². The summed E-state index contributed by atoms with van der Waals surface area (Å²) < 4.78 is 46.8. The highest BCUT2D eigenvalue weighted by Gasteiger charge is 2.28.